The minimum atomic E-state index is -0.410. The van der Waals surface area contributed by atoms with Crippen LogP contribution in [-0.4, -0.2) is 59.9 Å². The number of carbonyl (C=O) groups is 1. The number of nitro benzene ring substituents is 1. The molecule has 1 unspecified atom stereocenters. The highest BCUT2D eigenvalue weighted by Gasteiger charge is 2.37. The van der Waals surface area contributed by atoms with E-state index in [1.807, 2.05) is 11.9 Å². The minimum Gasteiger partial charge on any atom is -0.385 e. The summed E-state index contributed by atoms with van der Waals surface area (Å²) >= 11 is 0. The van der Waals surface area contributed by atoms with E-state index < -0.39 is 4.92 Å². The summed E-state index contributed by atoms with van der Waals surface area (Å²) in [5.74, 6) is 0.876. The number of piperidine rings is 3. The van der Waals surface area contributed by atoms with Gasteiger partial charge in [0.25, 0.3) is 5.69 Å². The summed E-state index contributed by atoms with van der Waals surface area (Å²) in [5.41, 5.74) is 0.920. The third-order valence-electron chi connectivity index (χ3n) is 5.49. The van der Waals surface area contributed by atoms with E-state index in [9.17, 15) is 14.9 Å². The van der Waals surface area contributed by atoms with Crippen molar-refractivity contribution in [3.8, 4) is 0 Å². The number of benzene rings is 1. The van der Waals surface area contributed by atoms with Gasteiger partial charge in [0.05, 0.1) is 4.92 Å². The SMILES string of the molecule is CN(C(=O)CCCNc1ccc([N+](=O)[O-])cc1)C1CN2CCC1CC2. The fraction of sp³-hybridized carbons (Fsp3) is 0.611. The summed E-state index contributed by atoms with van der Waals surface area (Å²) < 4.78 is 0. The van der Waals surface area contributed by atoms with E-state index in [-0.39, 0.29) is 11.6 Å². The molecule has 2 bridgehead atoms. The molecule has 0 saturated carbocycles. The Morgan fingerprint density at radius 1 is 1.32 bits per heavy atom. The van der Waals surface area contributed by atoms with Gasteiger partial charge >= 0.3 is 0 Å². The zero-order valence-corrected chi connectivity index (χ0v) is 14.7. The Kier molecular flexibility index (Phi) is 5.53. The first kappa shape index (κ1) is 17.7. The molecule has 0 aliphatic carbocycles. The van der Waals surface area contributed by atoms with Gasteiger partial charge < -0.3 is 15.1 Å². The van der Waals surface area contributed by atoms with Gasteiger partial charge in [-0.1, -0.05) is 0 Å². The van der Waals surface area contributed by atoms with Crippen LogP contribution in [0.1, 0.15) is 25.7 Å². The number of rotatable bonds is 7. The van der Waals surface area contributed by atoms with Gasteiger partial charge in [-0.3, -0.25) is 14.9 Å². The lowest BCUT2D eigenvalue weighted by Gasteiger charge is -2.48. The Morgan fingerprint density at radius 3 is 2.56 bits per heavy atom. The van der Waals surface area contributed by atoms with Gasteiger partial charge in [-0.25, -0.2) is 0 Å². The Morgan fingerprint density at radius 2 is 2.00 bits per heavy atom. The Bertz CT molecular complexity index is 611. The standard InChI is InChI=1S/C18H26N4O3/c1-20(17-13-21-11-8-14(17)9-12-21)18(23)3-2-10-19-15-4-6-16(7-5-15)22(24)25/h4-7,14,17,19H,2-3,8-13H2,1H3. The lowest BCUT2D eigenvalue weighted by molar-refractivity contribution is -0.384. The molecule has 7 heteroatoms. The third kappa shape index (κ3) is 4.28. The monoisotopic (exact) mass is 346 g/mol. The van der Waals surface area contributed by atoms with E-state index in [2.05, 4.69) is 10.2 Å². The highest BCUT2D eigenvalue weighted by atomic mass is 16.6. The number of anilines is 1. The molecule has 1 N–H and O–H groups in total. The molecular formula is C18H26N4O3. The molecule has 0 spiro atoms. The molecule has 136 valence electrons. The van der Waals surface area contributed by atoms with Crippen LogP contribution < -0.4 is 5.32 Å². The van der Waals surface area contributed by atoms with Crippen LogP contribution >= 0.6 is 0 Å². The van der Waals surface area contributed by atoms with Crippen molar-refractivity contribution in [1.82, 2.24) is 9.80 Å². The van der Waals surface area contributed by atoms with E-state index in [0.29, 0.717) is 24.9 Å². The highest BCUT2D eigenvalue weighted by molar-refractivity contribution is 5.76. The summed E-state index contributed by atoms with van der Waals surface area (Å²) in [4.78, 5) is 27.1. The summed E-state index contributed by atoms with van der Waals surface area (Å²) in [7, 11) is 1.94. The van der Waals surface area contributed by atoms with Crippen molar-refractivity contribution < 1.29 is 9.72 Å². The van der Waals surface area contributed by atoms with Crippen molar-refractivity contribution in [2.24, 2.45) is 5.92 Å². The zero-order valence-electron chi connectivity index (χ0n) is 14.7. The van der Waals surface area contributed by atoms with Crippen molar-refractivity contribution in [2.75, 3.05) is 38.5 Å². The molecule has 7 nitrogen and oxygen atoms in total. The second-order valence-electron chi connectivity index (χ2n) is 7.04. The first-order valence-corrected chi connectivity index (χ1v) is 9.01. The largest absolute Gasteiger partial charge is 0.385 e. The van der Waals surface area contributed by atoms with Crippen LogP contribution in [0.5, 0.6) is 0 Å². The van der Waals surface area contributed by atoms with Gasteiger partial charge in [0.15, 0.2) is 0 Å². The van der Waals surface area contributed by atoms with E-state index in [4.69, 9.17) is 0 Å². The molecular weight excluding hydrogens is 320 g/mol. The van der Waals surface area contributed by atoms with Crippen LogP contribution in [-0.2, 0) is 4.79 Å². The molecule has 0 aromatic heterocycles. The molecule has 3 saturated heterocycles. The normalized spacial score (nSPS) is 24.8. The molecule has 0 radical (unpaired) electrons. The first-order valence-electron chi connectivity index (χ1n) is 9.01. The molecule has 4 rings (SSSR count). The number of nitrogens with zero attached hydrogens (tertiary/aromatic N) is 3. The van der Waals surface area contributed by atoms with Gasteiger partial charge in [-0.2, -0.15) is 0 Å². The third-order valence-corrected chi connectivity index (χ3v) is 5.49. The fourth-order valence-corrected chi connectivity index (χ4v) is 3.91. The van der Waals surface area contributed by atoms with Crippen LogP contribution in [0.15, 0.2) is 24.3 Å². The molecule has 1 amide bonds. The van der Waals surface area contributed by atoms with E-state index in [1.165, 1.54) is 38.1 Å². The lowest BCUT2D eigenvalue weighted by atomic mass is 9.83. The number of hydrogen-bond acceptors (Lipinski definition) is 5. The van der Waals surface area contributed by atoms with E-state index in [0.717, 1.165) is 18.7 Å². The van der Waals surface area contributed by atoms with Crippen LogP contribution in [0.3, 0.4) is 0 Å². The van der Waals surface area contributed by atoms with Gasteiger partial charge in [-0.05, 0) is 50.4 Å². The average Bonchev–Trinajstić information content (AvgIpc) is 2.65. The molecule has 3 fully saturated rings. The summed E-state index contributed by atoms with van der Waals surface area (Å²) in [6, 6.07) is 6.72. The van der Waals surface area contributed by atoms with Gasteiger partial charge in [0, 0.05) is 50.4 Å². The predicted octanol–water partition coefficient (Wildman–Crippen LogP) is 2.34. The molecule has 3 aliphatic heterocycles. The second-order valence-corrected chi connectivity index (χ2v) is 7.04. The van der Waals surface area contributed by atoms with Gasteiger partial charge in [0.1, 0.15) is 0 Å². The van der Waals surface area contributed by atoms with Crippen LogP contribution in [0, 0.1) is 16.0 Å². The maximum absolute atomic E-state index is 12.5. The molecule has 3 aliphatic rings. The summed E-state index contributed by atoms with van der Waals surface area (Å²) in [6.45, 7) is 4.07. The summed E-state index contributed by atoms with van der Waals surface area (Å²) in [6.07, 6.45) is 3.70. The van der Waals surface area contributed by atoms with E-state index in [1.54, 1.807) is 12.1 Å². The average molecular weight is 346 g/mol. The number of likely N-dealkylation sites (N-methyl/N-ethyl adjacent to an activating group) is 1. The smallest absolute Gasteiger partial charge is 0.269 e. The number of fused-ring (bicyclic) bond motifs is 3. The number of hydrogen-bond donors (Lipinski definition) is 1. The number of nitrogens with one attached hydrogen (secondary N) is 1. The lowest BCUT2D eigenvalue weighted by Crippen LogP contribution is -2.57. The quantitative estimate of drug-likeness (QED) is 0.466. The first-order chi connectivity index (χ1) is 12.0. The van der Waals surface area contributed by atoms with Crippen LogP contribution in [0.25, 0.3) is 0 Å². The molecule has 1 atom stereocenters. The van der Waals surface area contributed by atoms with Crippen LogP contribution in [0.4, 0.5) is 11.4 Å². The predicted molar refractivity (Wildman–Crippen MR) is 96.5 cm³/mol. The Hall–Kier alpha value is -2.15. The van der Waals surface area contributed by atoms with Crippen molar-refractivity contribution in [1.29, 1.82) is 0 Å². The molecule has 1 aromatic carbocycles. The van der Waals surface area contributed by atoms with Gasteiger partial charge in [-0.15, -0.1) is 0 Å². The molecule has 1 aromatic rings. The zero-order chi connectivity index (χ0) is 17.8. The fourth-order valence-electron chi connectivity index (χ4n) is 3.91. The Labute approximate surface area is 148 Å². The van der Waals surface area contributed by atoms with Crippen molar-refractivity contribution in [3.05, 3.63) is 34.4 Å². The maximum atomic E-state index is 12.5. The van der Waals surface area contributed by atoms with Crippen molar-refractivity contribution in [2.45, 2.75) is 31.7 Å². The number of amides is 1. The second kappa shape index (κ2) is 7.82. The minimum absolute atomic E-state index is 0.0832. The molecule has 3 heterocycles. The highest BCUT2D eigenvalue weighted by Crippen LogP contribution is 2.30. The summed E-state index contributed by atoms with van der Waals surface area (Å²) in [5, 5.41) is 13.8. The number of non-ortho nitro benzene ring substituents is 1. The number of carbonyl (C=O) groups excluding carboxylic acids is 1. The van der Waals surface area contributed by atoms with Crippen LogP contribution in [0.2, 0.25) is 0 Å². The number of nitro groups is 1. The topological polar surface area (TPSA) is 78.7 Å². The van der Waals surface area contributed by atoms with Gasteiger partial charge in [0.2, 0.25) is 5.91 Å². The molecule has 25 heavy (non-hydrogen) atoms. The maximum Gasteiger partial charge on any atom is 0.269 e. The Balaban J connectivity index is 1.39. The van der Waals surface area contributed by atoms with Crippen molar-refractivity contribution >= 4 is 17.3 Å². The van der Waals surface area contributed by atoms with E-state index >= 15 is 0 Å². The van der Waals surface area contributed by atoms with Crippen molar-refractivity contribution in [3.63, 3.8) is 0 Å².